The normalized spacial score (nSPS) is 23.6. The summed E-state index contributed by atoms with van der Waals surface area (Å²) in [5.41, 5.74) is 0. The summed E-state index contributed by atoms with van der Waals surface area (Å²) in [6.07, 6.45) is 2.01. The maximum Gasteiger partial charge on any atom is 0.0967 e. The van der Waals surface area contributed by atoms with Crippen molar-refractivity contribution >= 4 is 0 Å². The van der Waals surface area contributed by atoms with Crippen molar-refractivity contribution in [2.75, 3.05) is 26.3 Å². The Balaban J connectivity index is 2.34. The molecule has 1 fully saturated rings. The molecule has 0 aromatic carbocycles. The quantitative estimate of drug-likeness (QED) is 0.760. The first kappa shape index (κ1) is 14.4. The number of nitrogens with zero attached hydrogens (tertiary/aromatic N) is 2. The second-order valence-corrected chi connectivity index (χ2v) is 4.96. The molecule has 4 heteroatoms. The lowest BCUT2D eigenvalue weighted by molar-refractivity contribution is -0.00953. The molecule has 0 amide bonds. The first-order valence-corrected chi connectivity index (χ1v) is 6.64. The van der Waals surface area contributed by atoms with Crippen molar-refractivity contribution < 1.29 is 4.74 Å². The molecule has 0 saturated carbocycles. The summed E-state index contributed by atoms with van der Waals surface area (Å²) in [6, 6.07) is 3.20. The molecule has 4 nitrogen and oxygen atoms in total. The standard InChI is InChI=1S/C13H25N3O/c1-4-13-10-17-8-7-16(13)6-5-12(9-14)15-11(2)3/h11-13,15H,4-8,10H2,1-3H3. The SMILES string of the molecule is CCC1COCCN1CCC(C#N)NC(C)C. The lowest BCUT2D eigenvalue weighted by Crippen LogP contribution is -2.47. The molecule has 2 unspecified atom stereocenters. The highest BCUT2D eigenvalue weighted by Crippen LogP contribution is 2.11. The molecule has 2 atom stereocenters. The number of nitriles is 1. The first-order chi connectivity index (χ1) is 8.17. The summed E-state index contributed by atoms with van der Waals surface area (Å²) >= 11 is 0. The molecular formula is C13H25N3O. The number of hydrogen-bond donors (Lipinski definition) is 1. The van der Waals surface area contributed by atoms with E-state index in [0.29, 0.717) is 12.1 Å². The highest BCUT2D eigenvalue weighted by Gasteiger charge is 2.22. The van der Waals surface area contributed by atoms with E-state index < -0.39 is 0 Å². The Labute approximate surface area is 105 Å². The largest absolute Gasteiger partial charge is 0.378 e. The molecule has 17 heavy (non-hydrogen) atoms. The fourth-order valence-corrected chi connectivity index (χ4v) is 2.24. The fraction of sp³-hybridized carbons (Fsp3) is 0.923. The zero-order valence-corrected chi connectivity index (χ0v) is 11.3. The molecule has 1 rings (SSSR count). The third-order valence-corrected chi connectivity index (χ3v) is 3.22. The van der Waals surface area contributed by atoms with Gasteiger partial charge in [-0.2, -0.15) is 5.26 Å². The van der Waals surface area contributed by atoms with E-state index in [1.54, 1.807) is 0 Å². The summed E-state index contributed by atoms with van der Waals surface area (Å²) in [5.74, 6) is 0. The predicted octanol–water partition coefficient (Wildman–Crippen LogP) is 1.38. The van der Waals surface area contributed by atoms with Gasteiger partial charge in [0.05, 0.1) is 25.3 Å². The van der Waals surface area contributed by atoms with Crippen LogP contribution in [-0.4, -0.2) is 49.3 Å². The lowest BCUT2D eigenvalue weighted by Gasteiger charge is -2.35. The molecule has 0 bridgehead atoms. The zero-order valence-electron chi connectivity index (χ0n) is 11.3. The van der Waals surface area contributed by atoms with Crippen LogP contribution in [0.4, 0.5) is 0 Å². The van der Waals surface area contributed by atoms with E-state index in [9.17, 15) is 0 Å². The minimum Gasteiger partial charge on any atom is -0.378 e. The van der Waals surface area contributed by atoms with Crippen molar-refractivity contribution in [3.8, 4) is 6.07 Å². The molecule has 1 aliphatic heterocycles. The molecule has 1 N–H and O–H groups in total. The molecule has 98 valence electrons. The van der Waals surface area contributed by atoms with Gasteiger partial charge in [0, 0.05) is 25.2 Å². The molecule has 0 spiro atoms. The van der Waals surface area contributed by atoms with E-state index in [4.69, 9.17) is 10.00 Å². The van der Waals surface area contributed by atoms with Crippen molar-refractivity contribution in [3.63, 3.8) is 0 Å². The van der Waals surface area contributed by atoms with Crippen LogP contribution in [0.3, 0.4) is 0 Å². The topological polar surface area (TPSA) is 48.3 Å². The lowest BCUT2D eigenvalue weighted by atomic mass is 10.1. The van der Waals surface area contributed by atoms with Crippen molar-refractivity contribution in [2.24, 2.45) is 0 Å². The minimum absolute atomic E-state index is 0.0321. The van der Waals surface area contributed by atoms with Gasteiger partial charge in [0.25, 0.3) is 0 Å². The van der Waals surface area contributed by atoms with Gasteiger partial charge in [-0.1, -0.05) is 6.92 Å². The summed E-state index contributed by atoms with van der Waals surface area (Å²) in [4.78, 5) is 2.45. The van der Waals surface area contributed by atoms with Gasteiger partial charge < -0.3 is 4.74 Å². The summed E-state index contributed by atoms with van der Waals surface area (Å²) in [7, 11) is 0. The first-order valence-electron chi connectivity index (χ1n) is 6.64. The average molecular weight is 239 g/mol. The number of morpholine rings is 1. The van der Waals surface area contributed by atoms with E-state index in [2.05, 4.69) is 37.1 Å². The Morgan fingerprint density at radius 3 is 2.88 bits per heavy atom. The highest BCUT2D eigenvalue weighted by atomic mass is 16.5. The Morgan fingerprint density at radius 1 is 1.53 bits per heavy atom. The van der Waals surface area contributed by atoms with E-state index in [1.807, 2.05) is 0 Å². The predicted molar refractivity (Wildman–Crippen MR) is 68.8 cm³/mol. The van der Waals surface area contributed by atoms with Gasteiger partial charge in [-0.15, -0.1) is 0 Å². The molecule has 1 aliphatic rings. The monoisotopic (exact) mass is 239 g/mol. The molecule has 0 aromatic heterocycles. The average Bonchev–Trinajstić information content (AvgIpc) is 2.34. The third-order valence-electron chi connectivity index (χ3n) is 3.22. The highest BCUT2D eigenvalue weighted by molar-refractivity contribution is 4.91. The van der Waals surface area contributed by atoms with Crippen LogP contribution in [0.15, 0.2) is 0 Å². The number of hydrogen-bond acceptors (Lipinski definition) is 4. The van der Waals surface area contributed by atoms with E-state index in [0.717, 1.165) is 39.1 Å². The second-order valence-electron chi connectivity index (χ2n) is 4.96. The van der Waals surface area contributed by atoms with Crippen molar-refractivity contribution in [2.45, 2.75) is 51.7 Å². The van der Waals surface area contributed by atoms with Crippen LogP contribution in [0.2, 0.25) is 0 Å². The number of rotatable bonds is 6. The zero-order chi connectivity index (χ0) is 12.7. The van der Waals surface area contributed by atoms with Gasteiger partial charge in [0.15, 0.2) is 0 Å². The fourth-order valence-electron chi connectivity index (χ4n) is 2.24. The summed E-state index contributed by atoms with van der Waals surface area (Å²) < 4.78 is 5.48. The van der Waals surface area contributed by atoms with Crippen LogP contribution >= 0.6 is 0 Å². The van der Waals surface area contributed by atoms with Crippen molar-refractivity contribution in [1.29, 1.82) is 5.26 Å². The Bertz CT molecular complexity index is 250. The van der Waals surface area contributed by atoms with Crippen LogP contribution in [0.5, 0.6) is 0 Å². The van der Waals surface area contributed by atoms with Crippen molar-refractivity contribution in [1.82, 2.24) is 10.2 Å². The minimum atomic E-state index is -0.0321. The summed E-state index contributed by atoms with van der Waals surface area (Å²) in [6.45, 7) is 10.00. The van der Waals surface area contributed by atoms with Gasteiger partial charge in [-0.3, -0.25) is 10.2 Å². The van der Waals surface area contributed by atoms with Gasteiger partial charge in [-0.25, -0.2) is 0 Å². The molecule has 0 aliphatic carbocycles. The van der Waals surface area contributed by atoms with E-state index >= 15 is 0 Å². The van der Waals surface area contributed by atoms with Gasteiger partial charge in [0.1, 0.15) is 0 Å². The Morgan fingerprint density at radius 2 is 2.29 bits per heavy atom. The van der Waals surface area contributed by atoms with E-state index in [-0.39, 0.29) is 6.04 Å². The maximum atomic E-state index is 9.07. The van der Waals surface area contributed by atoms with Crippen molar-refractivity contribution in [3.05, 3.63) is 0 Å². The molecular weight excluding hydrogens is 214 g/mol. The van der Waals surface area contributed by atoms with Gasteiger partial charge >= 0.3 is 0 Å². The molecule has 1 saturated heterocycles. The number of nitrogens with one attached hydrogen (secondary N) is 1. The van der Waals surface area contributed by atoms with Gasteiger partial charge in [0.2, 0.25) is 0 Å². The van der Waals surface area contributed by atoms with Crippen LogP contribution in [0.25, 0.3) is 0 Å². The third kappa shape index (κ3) is 5.03. The molecule has 0 radical (unpaired) electrons. The summed E-state index contributed by atoms with van der Waals surface area (Å²) in [5, 5.41) is 12.4. The molecule has 1 heterocycles. The van der Waals surface area contributed by atoms with E-state index in [1.165, 1.54) is 0 Å². The number of ether oxygens (including phenoxy) is 1. The Kier molecular flexibility index (Phi) is 6.49. The van der Waals surface area contributed by atoms with Crippen LogP contribution in [0, 0.1) is 11.3 Å². The smallest absolute Gasteiger partial charge is 0.0967 e. The van der Waals surface area contributed by atoms with Crippen LogP contribution in [0.1, 0.15) is 33.6 Å². The van der Waals surface area contributed by atoms with Crippen LogP contribution < -0.4 is 5.32 Å². The van der Waals surface area contributed by atoms with Crippen LogP contribution in [-0.2, 0) is 4.74 Å². The Hall–Kier alpha value is -0.630. The second kappa shape index (κ2) is 7.65. The van der Waals surface area contributed by atoms with Gasteiger partial charge in [-0.05, 0) is 26.7 Å². The molecule has 0 aromatic rings. The maximum absolute atomic E-state index is 9.07.